The average Bonchev–Trinajstić information content (AvgIpc) is 2.21. The second-order valence-electron chi connectivity index (χ2n) is 3.43. The first kappa shape index (κ1) is 12.8. The summed E-state index contributed by atoms with van der Waals surface area (Å²) >= 11 is 6.05. The number of halogens is 1. The maximum atomic E-state index is 10.4. The zero-order valence-electron chi connectivity index (χ0n) is 9.20. The van der Waals surface area contributed by atoms with E-state index in [0.717, 1.165) is 11.3 Å². The van der Waals surface area contributed by atoms with Crippen LogP contribution in [0.5, 0.6) is 5.75 Å². The molecule has 0 aromatic heterocycles. The summed E-state index contributed by atoms with van der Waals surface area (Å²) in [6.07, 6.45) is 1.45. The number of carboxylic acid groups (broad SMARTS) is 1. The van der Waals surface area contributed by atoms with E-state index in [1.54, 1.807) is 6.07 Å². The third-order valence-corrected chi connectivity index (χ3v) is 2.52. The van der Waals surface area contributed by atoms with Gasteiger partial charge in [0.05, 0.1) is 6.61 Å². The van der Waals surface area contributed by atoms with Crippen LogP contribution in [-0.2, 0) is 11.2 Å². The van der Waals surface area contributed by atoms with Crippen LogP contribution in [0.25, 0.3) is 0 Å². The average molecular weight is 243 g/mol. The van der Waals surface area contributed by atoms with Crippen molar-refractivity contribution in [1.29, 1.82) is 0 Å². The molecule has 0 fully saturated rings. The lowest BCUT2D eigenvalue weighted by atomic mass is 10.1. The predicted molar refractivity (Wildman–Crippen MR) is 63.2 cm³/mol. The first-order chi connectivity index (χ1) is 7.63. The van der Waals surface area contributed by atoms with Crippen molar-refractivity contribution in [2.24, 2.45) is 0 Å². The maximum absolute atomic E-state index is 10.4. The van der Waals surface area contributed by atoms with Crippen LogP contribution in [0, 0.1) is 0 Å². The van der Waals surface area contributed by atoms with Crippen LogP contribution in [0.2, 0.25) is 5.02 Å². The lowest BCUT2D eigenvalue weighted by Gasteiger charge is -2.07. The van der Waals surface area contributed by atoms with Gasteiger partial charge in [-0.2, -0.15) is 0 Å². The fraction of sp³-hybridized carbons (Fsp3) is 0.417. The Kier molecular flexibility index (Phi) is 5.12. The Hall–Kier alpha value is -1.22. The Morgan fingerprint density at radius 2 is 2.25 bits per heavy atom. The summed E-state index contributed by atoms with van der Waals surface area (Å²) in [6.45, 7) is 2.52. The molecule has 0 amide bonds. The molecule has 0 spiro atoms. The van der Waals surface area contributed by atoms with E-state index in [-0.39, 0.29) is 6.42 Å². The molecule has 1 aromatic rings. The van der Waals surface area contributed by atoms with E-state index in [4.69, 9.17) is 21.4 Å². The summed E-state index contributed by atoms with van der Waals surface area (Å²) in [4.78, 5) is 10.4. The molecule has 0 bridgehead atoms. The van der Waals surface area contributed by atoms with E-state index < -0.39 is 5.97 Å². The third kappa shape index (κ3) is 4.11. The van der Waals surface area contributed by atoms with Crippen LogP contribution in [0.15, 0.2) is 18.2 Å². The lowest BCUT2D eigenvalue weighted by Crippen LogP contribution is -1.97. The van der Waals surface area contributed by atoms with Gasteiger partial charge in [-0.1, -0.05) is 17.7 Å². The third-order valence-electron chi connectivity index (χ3n) is 2.17. The highest BCUT2D eigenvalue weighted by Gasteiger charge is 2.04. The summed E-state index contributed by atoms with van der Waals surface area (Å²) in [5.74, 6) is -0.0310. The number of carboxylic acids is 1. The zero-order valence-corrected chi connectivity index (χ0v) is 9.96. The molecule has 3 nitrogen and oxygen atoms in total. The molecule has 0 atom stereocenters. The fourth-order valence-corrected chi connectivity index (χ4v) is 1.68. The highest BCUT2D eigenvalue weighted by atomic mass is 35.5. The molecule has 0 saturated heterocycles. The molecular weight excluding hydrogens is 228 g/mol. The Bertz CT molecular complexity index is 363. The van der Waals surface area contributed by atoms with Gasteiger partial charge in [-0.25, -0.2) is 0 Å². The van der Waals surface area contributed by atoms with E-state index in [1.165, 1.54) is 0 Å². The van der Waals surface area contributed by atoms with E-state index in [0.29, 0.717) is 24.5 Å². The van der Waals surface area contributed by atoms with Gasteiger partial charge in [0, 0.05) is 11.4 Å². The van der Waals surface area contributed by atoms with Crippen molar-refractivity contribution in [1.82, 2.24) is 0 Å². The summed E-state index contributed by atoms with van der Waals surface area (Å²) in [7, 11) is 0. The molecule has 0 unspecified atom stereocenters. The minimum Gasteiger partial charge on any atom is -0.494 e. The molecule has 0 aliphatic rings. The van der Waals surface area contributed by atoms with Crippen molar-refractivity contribution < 1.29 is 14.6 Å². The van der Waals surface area contributed by atoms with Crippen molar-refractivity contribution in [3.8, 4) is 5.75 Å². The van der Waals surface area contributed by atoms with E-state index in [1.807, 2.05) is 19.1 Å². The maximum Gasteiger partial charge on any atom is 0.303 e. The van der Waals surface area contributed by atoms with E-state index >= 15 is 0 Å². The van der Waals surface area contributed by atoms with Crippen molar-refractivity contribution in [2.75, 3.05) is 6.61 Å². The van der Waals surface area contributed by atoms with E-state index in [2.05, 4.69) is 0 Å². The SMILES string of the molecule is CCOc1ccc(CCCC(=O)O)c(Cl)c1. The normalized spacial score (nSPS) is 10.1. The van der Waals surface area contributed by atoms with E-state index in [9.17, 15) is 4.79 Å². The second kappa shape index (κ2) is 6.38. The Labute approximate surface area is 100.0 Å². The van der Waals surface area contributed by atoms with Crippen molar-refractivity contribution in [3.63, 3.8) is 0 Å². The van der Waals surface area contributed by atoms with Gasteiger partial charge in [-0.15, -0.1) is 0 Å². The molecule has 0 aliphatic carbocycles. The monoisotopic (exact) mass is 242 g/mol. The Morgan fingerprint density at radius 1 is 1.50 bits per heavy atom. The minimum absolute atomic E-state index is 0.170. The van der Waals surface area contributed by atoms with Crippen LogP contribution < -0.4 is 4.74 Å². The summed E-state index contributed by atoms with van der Waals surface area (Å²) in [5, 5.41) is 9.16. The van der Waals surface area contributed by atoms with Crippen LogP contribution in [0.1, 0.15) is 25.3 Å². The molecule has 4 heteroatoms. The zero-order chi connectivity index (χ0) is 12.0. The number of aliphatic carboxylic acids is 1. The van der Waals surface area contributed by atoms with Crippen molar-refractivity contribution in [3.05, 3.63) is 28.8 Å². The first-order valence-corrected chi connectivity index (χ1v) is 5.64. The van der Waals surface area contributed by atoms with Crippen LogP contribution in [0.3, 0.4) is 0 Å². The van der Waals surface area contributed by atoms with Crippen LogP contribution >= 0.6 is 11.6 Å². The van der Waals surface area contributed by atoms with Gasteiger partial charge in [0.2, 0.25) is 0 Å². The number of hydrogen-bond donors (Lipinski definition) is 1. The molecule has 0 saturated carbocycles. The van der Waals surface area contributed by atoms with Gasteiger partial charge in [0.25, 0.3) is 0 Å². The number of carbonyl (C=O) groups is 1. The minimum atomic E-state index is -0.776. The van der Waals surface area contributed by atoms with Gasteiger partial charge in [0.15, 0.2) is 0 Å². The molecule has 0 aliphatic heterocycles. The second-order valence-corrected chi connectivity index (χ2v) is 3.84. The smallest absolute Gasteiger partial charge is 0.303 e. The van der Waals surface area contributed by atoms with Crippen molar-refractivity contribution in [2.45, 2.75) is 26.2 Å². The summed E-state index contributed by atoms with van der Waals surface area (Å²) in [6, 6.07) is 5.50. The van der Waals surface area contributed by atoms with Crippen LogP contribution in [-0.4, -0.2) is 17.7 Å². The topological polar surface area (TPSA) is 46.5 Å². The number of benzene rings is 1. The standard InChI is InChI=1S/C12H15ClO3/c1-2-16-10-7-6-9(11(13)8-10)4-3-5-12(14)15/h6-8H,2-5H2,1H3,(H,14,15). The molecule has 0 radical (unpaired) electrons. The first-order valence-electron chi connectivity index (χ1n) is 5.26. The highest BCUT2D eigenvalue weighted by Crippen LogP contribution is 2.23. The summed E-state index contributed by atoms with van der Waals surface area (Å²) in [5.41, 5.74) is 0.964. The highest BCUT2D eigenvalue weighted by molar-refractivity contribution is 6.31. The molecule has 0 heterocycles. The van der Waals surface area contributed by atoms with Gasteiger partial charge in [-0.3, -0.25) is 4.79 Å². The molecular formula is C12H15ClO3. The molecule has 16 heavy (non-hydrogen) atoms. The predicted octanol–water partition coefficient (Wildman–Crippen LogP) is 3.15. The number of rotatable bonds is 6. The fourth-order valence-electron chi connectivity index (χ4n) is 1.42. The molecule has 1 rings (SSSR count). The molecule has 88 valence electrons. The Morgan fingerprint density at radius 3 is 2.81 bits per heavy atom. The summed E-state index contributed by atoms with van der Waals surface area (Å²) < 4.78 is 5.31. The number of hydrogen-bond acceptors (Lipinski definition) is 2. The number of aryl methyl sites for hydroxylation is 1. The van der Waals surface area contributed by atoms with Gasteiger partial charge >= 0.3 is 5.97 Å². The number of ether oxygens (including phenoxy) is 1. The molecule has 1 aromatic carbocycles. The van der Waals surface area contributed by atoms with Gasteiger partial charge < -0.3 is 9.84 Å². The largest absolute Gasteiger partial charge is 0.494 e. The van der Waals surface area contributed by atoms with Crippen LogP contribution in [0.4, 0.5) is 0 Å². The van der Waals surface area contributed by atoms with Gasteiger partial charge in [0.1, 0.15) is 5.75 Å². The Balaban J connectivity index is 2.57. The lowest BCUT2D eigenvalue weighted by molar-refractivity contribution is -0.137. The quantitative estimate of drug-likeness (QED) is 0.834. The van der Waals surface area contributed by atoms with Gasteiger partial charge in [-0.05, 0) is 37.5 Å². The molecule has 1 N–H and O–H groups in total. The van der Waals surface area contributed by atoms with Crippen molar-refractivity contribution >= 4 is 17.6 Å².